The van der Waals surface area contributed by atoms with Crippen molar-refractivity contribution in [3.8, 4) is 0 Å². The number of fused-ring (bicyclic) bond motifs is 1. The van der Waals surface area contributed by atoms with Crippen molar-refractivity contribution in [2.45, 2.75) is 59.0 Å². The van der Waals surface area contributed by atoms with Gasteiger partial charge in [-0.3, -0.25) is 9.59 Å². The molecular formula is C28H37N3O2. The van der Waals surface area contributed by atoms with Gasteiger partial charge in [0.25, 0.3) is 0 Å². The molecule has 0 fully saturated rings. The Morgan fingerprint density at radius 2 is 1.61 bits per heavy atom. The molecule has 2 aromatic carbocycles. The Hall–Kier alpha value is -2.92. The van der Waals surface area contributed by atoms with Crippen LogP contribution in [0.5, 0.6) is 0 Å². The SMILES string of the molecule is CCC(C)[C@H](C)CN[C@@H](Cc1c[nH]c2ccccc12)C(=O)N[C@@H](Cc1ccccc1)C(C)=O. The second-order valence-electron chi connectivity index (χ2n) is 9.25. The lowest BCUT2D eigenvalue weighted by atomic mass is 9.93. The first-order chi connectivity index (χ1) is 15.9. The molecule has 0 saturated carbocycles. The third kappa shape index (κ3) is 6.78. The first-order valence-electron chi connectivity index (χ1n) is 12.0. The number of Topliss-reactive ketones (excluding diaryl/α,β-unsaturated/α-hetero) is 1. The topological polar surface area (TPSA) is 74.0 Å². The van der Waals surface area contributed by atoms with Gasteiger partial charge in [0.1, 0.15) is 0 Å². The van der Waals surface area contributed by atoms with Crippen LogP contribution in [0, 0.1) is 11.8 Å². The first kappa shape index (κ1) is 24.7. The standard InChI is InChI=1S/C28H37N3O2/c1-5-19(2)20(3)17-29-27(16-23-18-30-25-14-10-9-13-24(23)25)28(33)31-26(21(4)32)15-22-11-7-6-8-12-22/h6-14,18-20,26-27,29-30H,5,15-17H2,1-4H3,(H,31,33)/t19?,20-,26+,27+/m1/s1. The molecule has 0 bridgehead atoms. The number of nitrogens with one attached hydrogen (secondary N) is 3. The molecular weight excluding hydrogens is 410 g/mol. The van der Waals surface area contributed by atoms with Crippen LogP contribution < -0.4 is 10.6 Å². The largest absolute Gasteiger partial charge is 0.361 e. The van der Waals surface area contributed by atoms with Crippen molar-refractivity contribution in [1.82, 2.24) is 15.6 Å². The molecule has 1 unspecified atom stereocenters. The monoisotopic (exact) mass is 447 g/mol. The van der Waals surface area contributed by atoms with Crippen molar-refractivity contribution in [3.05, 3.63) is 71.9 Å². The Morgan fingerprint density at radius 3 is 2.30 bits per heavy atom. The van der Waals surface area contributed by atoms with E-state index in [1.54, 1.807) is 6.92 Å². The highest BCUT2D eigenvalue weighted by Gasteiger charge is 2.26. The molecule has 5 heteroatoms. The summed E-state index contributed by atoms with van der Waals surface area (Å²) in [5.41, 5.74) is 3.19. The quantitative estimate of drug-likeness (QED) is 0.378. The second-order valence-corrected chi connectivity index (χ2v) is 9.25. The molecule has 1 amide bonds. The minimum absolute atomic E-state index is 0.0361. The summed E-state index contributed by atoms with van der Waals surface area (Å²) in [6.07, 6.45) is 4.13. The van der Waals surface area contributed by atoms with Gasteiger partial charge in [-0.1, -0.05) is 75.7 Å². The smallest absolute Gasteiger partial charge is 0.238 e. The van der Waals surface area contributed by atoms with Crippen LogP contribution >= 0.6 is 0 Å². The Morgan fingerprint density at radius 1 is 0.909 bits per heavy atom. The second kappa shape index (κ2) is 11.8. The van der Waals surface area contributed by atoms with E-state index < -0.39 is 12.1 Å². The Balaban J connectivity index is 1.77. The zero-order chi connectivity index (χ0) is 23.8. The lowest BCUT2D eigenvalue weighted by molar-refractivity contribution is -0.128. The third-order valence-corrected chi connectivity index (χ3v) is 6.81. The summed E-state index contributed by atoms with van der Waals surface area (Å²) in [5, 5.41) is 7.66. The molecule has 3 aromatic rings. The molecule has 0 aliphatic heterocycles. The van der Waals surface area contributed by atoms with Crippen molar-refractivity contribution in [3.63, 3.8) is 0 Å². The number of aromatic amines is 1. The van der Waals surface area contributed by atoms with E-state index in [0.717, 1.165) is 35.0 Å². The fourth-order valence-electron chi connectivity index (χ4n) is 4.13. The maximum Gasteiger partial charge on any atom is 0.238 e. The average molecular weight is 448 g/mol. The van der Waals surface area contributed by atoms with Crippen molar-refractivity contribution in [2.75, 3.05) is 6.54 Å². The zero-order valence-corrected chi connectivity index (χ0v) is 20.2. The minimum Gasteiger partial charge on any atom is -0.361 e. The van der Waals surface area contributed by atoms with E-state index in [4.69, 9.17) is 0 Å². The molecule has 1 heterocycles. The number of H-pyrrole nitrogens is 1. The summed E-state index contributed by atoms with van der Waals surface area (Å²) < 4.78 is 0. The number of amides is 1. The van der Waals surface area contributed by atoms with E-state index in [-0.39, 0.29) is 11.7 Å². The van der Waals surface area contributed by atoms with Crippen molar-refractivity contribution >= 4 is 22.6 Å². The van der Waals surface area contributed by atoms with Crippen LogP contribution in [-0.2, 0) is 22.4 Å². The van der Waals surface area contributed by atoms with E-state index in [1.165, 1.54) is 0 Å². The molecule has 176 valence electrons. The van der Waals surface area contributed by atoms with Crippen LogP contribution in [0.1, 0.15) is 45.2 Å². The summed E-state index contributed by atoms with van der Waals surface area (Å²) >= 11 is 0. The number of ketones is 1. The fraction of sp³-hybridized carbons (Fsp3) is 0.429. The minimum atomic E-state index is -0.542. The van der Waals surface area contributed by atoms with Crippen molar-refractivity contribution < 1.29 is 9.59 Å². The molecule has 4 atom stereocenters. The molecule has 0 aliphatic carbocycles. The van der Waals surface area contributed by atoms with Crippen LogP contribution in [-0.4, -0.2) is 35.3 Å². The molecule has 0 spiro atoms. The number of carbonyl (C=O) groups is 2. The number of rotatable bonds is 12. The predicted molar refractivity (Wildman–Crippen MR) is 135 cm³/mol. The molecule has 5 nitrogen and oxygen atoms in total. The van der Waals surface area contributed by atoms with E-state index in [2.05, 4.69) is 42.5 Å². The van der Waals surface area contributed by atoms with Gasteiger partial charge < -0.3 is 15.6 Å². The van der Waals surface area contributed by atoms with Gasteiger partial charge >= 0.3 is 0 Å². The van der Waals surface area contributed by atoms with Gasteiger partial charge in [-0.25, -0.2) is 0 Å². The Labute approximate surface area is 197 Å². The Kier molecular flexibility index (Phi) is 8.84. The highest BCUT2D eigenvalue weighted by Crippen LogP contribution is 2.20. The lowest BCUT2D eigenvalue weighted by Crippen LogP contribution is -2.52. The van der Waals surface area contributed by atoms with E-state index in [1.807, 2.05) is 54.7 Å². The summed E-state index contributed by atoms with van der Waals surface area (Å²) in [4.78, 5) is 29.1. The summed E-state index contributed by atoms with van der Waals surface area (Å²) in [6, 6.07) is 17.0. The normalized spacial score (nSPS) is 15.0. The zero-order valence-electron chi connectivity index (χ0n) is 20.2. The third-order valence-electron chi connectivity index (χ3n) is 6.81. The van der Waals surface area contributed by atoms with Crippen LogP contribution in [0.3, 0.4) is 0 Å². The molecule has 3 rings (SSSR count). The van der Waals surface area contributed by atoms with Crippen molar-refractivity contribution in [1.29, 1.82) is 0 Å². The maximum absolute atomic E-state index is 13.4. The molecule has 0 radical (unpaired) electrons. The van der Waals surface area contributed by atoms with Crippen molar-refractivity contribution in [2.24, 2.45) is 11.8 Å². The van der Waals surface area contributed by atoms with Gasteiger partial charge in [0.15, 0.2) is 5.78 Å². The average Bonchev–Trinajstić information content (AvgIpc) is 3.23. The predicted octanol–water partition coefficient (Wildman–Crippen LogP) is 4.67. The van der Waals surface area contributed by atoms with E-state index >= 15 is 0 Å². The number of aromatic nitrogens is 1. The van der Waals surface area contributed by atoms with Crippen LogP contribution in [0.15, 0.2) is 60.8 Å². The first-order valence-corrected chi connectivity index (χ1v) is 12.0. The van der Waals surface area contributed by atoms with Gasteiger partial charge in [-0.2, -0.15) is 0 Å². The van der Waals surface area contributed by atoms with Crippen LogP contribution in [0.4, 0.5) is 0 Å². The van der Waals surface area contributed by atoms with Gasteiger partial charge in [0, 0.05) is 17.1 Å². The van der Waals surface area contributed by atoms with E-state index in [0.29, 0.717) is 24.7 Å². The maximum atomic E-state index is 13.4. The fourth-order valence-corrected chi connectivity index (χ4v) is 4.13. The van der Waals surface area contributed by atoms with Crippen LogP contribution in [0.2, 0.25) is 0 Å². The summed E-state index contributed by atoms with van der Waals surface area (Å²) in [7, 11) is 0. The number of benzene rings is 2. The highest BCUT2D eigenvalue weighted by atomic mass is 16.2. The van der Waals surface area contributed by atoms with Gasteiger partial charge in [-0.15, -0.1) is 0 Å². The lowest BCUT2D eigenvalue weighted by Gasteiger charge is -2.25. The number of hydrogen-bond acceptors (Lipinski definition) is 3. The summed E-state index contributed by atoms with van der Waals surface area (Å²) in [6.45, 7) is 8.94. The van der Waals surface area contributed by atoms with Gasteiger partial charge in [0.05, 0.1) is 12.1 Å². The molecule has 0 aliphatic rings. The van der Waals surface area contributed by atoms with Gasteiger partial charge in [0.2, 0.25) is 5.91 Å². The number of carbonyl (C=O) groups excluding carboxylic acids is 2. The highest BCUT2D eigenvalue weighted by molar-refractivity contribution is 5.91. The summed E-state index contributed by atoms with van der Waals surface area (Å²) in [5.74, 6) is 0.845. The molecule has 1 aromatic heterocycles. The van der Waals surface area contributed by atoms with Gasteiger partial charge in [-0.05, 0) is 55.3 Å². The number of hydrogen-bond donors (Lipinski definition) is 3. The Bertz CT molecular complexity index is 1040. The van der Waals surface area contributed by atoms with E-state index in [9.17, 15) is 9.59 Å². The molecule has 3 N–H and O–H groups in total. The van der Waals surface area contributed by atoms with Crippen LogP contribution in [0.25, 0.3) is 10.9 Å². The number of para-hydroxylation sites is 1. The molecule has 33 heavy (non-hydrogen) atoms. The molecule has 0 saturated heterocycles.